The number of imidazole rings is 1. The summed E-state index contributed by atoms with van der Waals surface area (Å²) in [5.41, 5.74) is -0.858. The second kappa shape index (κ2) is 9.90. The lowest BCUT2D eigenvalue weighted by atomic mass is 10.0. The lowest BCUT2D eigenvalue weighted by molar-refractivity contribution is -0.0794. The Kier molecular flexibility index (Phi) is 5.66. The van der Waals surface area contributed by atoms with Crippen molar-refractivity contribution < 1.29 is 35.5 Å². The Labute approximate surface area is 223 Å². The van der Waals surface area contributed by atoms with E-state index in [1.807, 2.05) is 4.90 Å². The predicted octanol–water partition coefficient (Wildman–Crippen LogP) is 3.83. The molecular formula is C25H26F5N7O2. The van der Waals surface area contributed by atoms with Gasteiger partial charge in [0.2, 0.25) is 11.8 Å². The van der Waals surface area contributed by atoms with Crippen LogP contribution in [0.3, 0.4) is 0 Å². The van der Waals surface area contributed by atoms with Crippen molar-refractivity contribution in [3.63, 3.8) is 0 Å². The molecule has 0 radical (unpaired) electrons. The number of aromatic nitrogens is 5. The standard InChI is InChI=1S/C25H26F5N7O2/c1-12-31-22-15(26)5-13(6-19(22)36(12)9-20(29)30)21-17(28)8-37-23(21)24(38-2)33-25(34-37)32-18-3-4-35(7-16(18)27)14-10-39-11-14/h5-6,8,14,16,18,20H,3-4,7,9-11H2,1-2H3,(H,32,34)/t16-,18-/m0/s1/i2D3. The number of anilines is 1. The number of benzene rings is 1. The van der Waals surface area contributed by atoms with Crippen LogP contribution in [0.15, 0.2) is 18.3 Å². The Morgan fingerprint density at radius 1 is 1.23 bits per heavy atom. The minimum atomic E-state index is -3.02. The number of alkyl halides is 3. The van der Waals surface area contributed by atoms with E-state index in [9.17, 15) is 8.78 Å². The molecule has 0 unspecified atom stereocenters. The maximum Gasteiger partial charge on any atom is 0.256 e. The minimum absolute atomic E-state index is 0.00663. The van der Waals surface area contributed by atoms with Crippen molar-refractivity contribution in [1.29, 1.82) is 0 Å². The number of rotatable bonds is 7. The van der Waals surface area contributed by atoms with Gasteiger partial charge in [0.05, 0.1) is 60.3 Å². The number of halogens is 5. The van der Waals surface area contributed by atoms with Gasteiger partial charge in [-0.15, -0.1) is 5.10 Å². The van der Waals surface area contributed by atoms with Gasteiger partial charge in [-0.25, -0.2) is 31.5 Å². The number of hydrogen-bond donors (Lipinski definition) is 1. The van der Waals surface area contributed by atoms with E-state index in [4.69, 9.17) is 13.6 Å². The number of likely N-dealkylation sites (tertiary alicyclic amines) is 1. The van der Waals surface area contributed by atoms with Crippen molar-refractivity contribution in [3.8, 4) is 17.0 Å². The summed E-state index contributed by atoms with van der Waals surface area (Å²) in [7, 11) is -3.02. The number of fused-ring (bicyclic) bond motifs is 2. The second-order valence-electron chi connectivity index (χ2n) is 9.72. The van der Waals surface area contributed by atoms with Gasteiger partial charge in [-0.3, -0.25) is 4.90 Å². The van der Waals surface area contributed by atoms with Gasteiger partial charge in [0, 0.05) is 13.1 Å². The molecule has 2 aliphatic heterocycles. The van der Waals surface area contributed by atoms with E-state index in [2.05, 4.69) is 20.4 Å². The molecule has 2 fully saturated rings. The molecule has 3 aromatic heterocycles. The van der Waals surface area contributed by atoms with Crippen LogP contribution in [0.2, 0.25) is 0 Å². The first-order chi connectivity index (χ1) is 19.9. The van der Waals surface area contributed by atoms with Crippen LogP contribution in [0.5, 0.6) is 5.88 Å². The Hall–Kier alpha value is -3.52. The fraction of sp³-hybridized carbons (Fsp3) is 0.480. The number of hydrogen-bond acceptors (Lipinski definition) is 7. The maximum atomic E-state index is 15.5. The molecule has 6 rings (SSSR count). The van der Waals surface area contributed by atoms with Crippen LogP contribution in [0, 0.1) is 18.6 Å². The average Bonchev–Trinajstić information content (AvgIpc) is 3.35. The highest BCUT2D eigenvalue weighted by atomic mass is 19.3. The van der Waals surface area contributed by atoms with E-state index in [1.54, 1.807) is 0 Å². The molecule has 0 spiro atoms. The van der Waals surface area contributed by atoms with Gasteiger partial charge in [-0.2, -0.15) is 4.98 Å². The van der Waals surface area contributed by atoms with Gasteiger partial charge in [-0.05, 0) is 31.0 Å². The number of methoxy groups -OCH3 is 1. The molecule has 2 aliphatic rings. The molecule has 2 saturated heterocycles. The van der Waals surface area contributed by atoms with Crippen molar-refractivity contribution in [1.82, 2.24) is 29.0 Å². The fourth-order valence-corrected chi connectivity index (χ4v) is 5.26. The highest BCUT2D eigenvalue weighted by Crippen LogP contribution is 2.37. The molecule has 0 amide bonds. The third-order valence-corrected chi connectivity index (χ3v) is 7.28. The van der Waals surface area contributed by atoms with Gasteiger partial charge < -0.3 is 19.4 Å². The van der Waals surface area contributed by atoms with Crippen molar-refractivity contribution in [2.45, 2.75) is 44.6 Å². The van der Waals surface area contributed by atoms with Gasteiger partial charge >= 0.3 is 0 Å². The summed E-state index contributed by atoms with van der Waals surface area (Å²) >= 11 is 0. The molecule has 0 saturated carbocycles. The van der Waals surface area contributed by atoms with E-state index in [1.165, 1.54) is 13.0 Å². The molecule has 0 aliphatic carbocycles. The van der Waals surface area contributed by atoms with Crippen molar-refractivity contribution in [2.24, 2.45) is 0 Å². The normalized spacial score (nSPS) is 22.2. The SMILES string of the molecule is [2H]C([2H])([2H])Oc1nc(N[C@H]2CCN(C3COC3)C[C@@H]2F)nn2cc(F)c(-c3cc(F)c4nc(C)n(CC(F)F)c4c3)c12. The number of nitrogens with zero attached hydrogens (tertiary/aromatic N) is 6. The summed E-state index contributed by atoms with van der Waals surface area (Å²) in [5, 5.41) is 7.08. The first-order valence-corrected chi connectivity index (χ1v) is 12.3. The number of aryl methyl sites for hydroxylation is 1. The summed E-state index contributed by atoms with van der Waals surface area (Å²) in [6, 6.07) is 1.69. The van der Waals surface area contributed by atoms with Crippen LogP contribution in [0.1, 0.15) is 16.4 Å². The highest BCUT2D eigenvalue weighted by Gasteiger charge is 2.36. The van der Waals surface area contributed by atoms with Gasteiger partial charge in [-0.1, -0.05) is 0 Å². The quantitative estimate of drug-likeness (QED) is 0.348. The van der Waals surface area contributed by atoms with Gasteiger partial charge in [0.15, 0.2) is 11.6 Å². The van der Waals surface area contributed by atoms with Gasteiger partial charge in [0.25, 0.3) is 6.43 Å². The van der Waals surface area contributed by atoms with E-state index in [0.717, 1.165) is 21.3 Å². The smallest absolute Gasteiger partial charge is 0.256 e. The molecule has 2 atom stereocenters. The lowest BCUT2D eigenvalue weighted by Gasteiger charge is -2.42. The largest absolute Gasteiger partial charge is 0.479 e. The van der Waals surface area contributed by atoms with E-state index in [0.29, 0.717) is 26.2 Å². The highest BCUT2D eigenvalue weighted by molar-refractivity contribution is 5.90. The number of nitrogens with one attached hydrogen (secondary N) is 1. The minimum Gasteiger partial charge on any atom is -0.479 e. The Morgan fingerprint density at radius 2 is 2.05 bits per heavy atom. The Balaban J connectivity index is 1.41. The molecule has 9 nitrogen and oxygen atoms in total. The van der Waals surface area contributed by atoms with Crippen molar-refractivity contribution in [3.05, 3.63) is 35.8 Å². The summed E-state index contributed by atoms with van der Waals surface area (Å²) < 4.78 is 107. The number of piperidine rings is 1. The van der Waals surface area contributed by atoms with E-state index in [-0.39, 0.29) is 52.0 Å². The van der Waals surface area contributed by atoms with Crippen molar-refractivity contribution >= 4 is 22.5 Å². The van der Waals surface area contributed by atoms with Crippen LogP contribution >= 0.6 is 0 Å². The monoisotopic (exact) mass is 554 g/mol. The second-order valence-corrected chi connectivity index (χ2v) is 9.72. The Morgan fingerprint density at radius 3 is 2.74 bits per heavy atom. The zero-order valence-corrected chi connectivity index (χ0v) is 20.7. The third-order valence-electron chi connectivity index (χ3n) is 7.28. The summed E-state index contributed by atoms with van der Waals surface area (Å²) in [6.07, 6.45) is -2.76. The summed E-state index contributed by atoms with van der Waals surface area (Å²) in [6.45, 7) is 2.52. The molecule has 0 bridgehead atoms. The van der Waals surface area contributed by atoms with E-state index < -0.39 is 49.7 Å². The predicted molar refractivity (Wildman–Crippen MR) is 132 cm³/mol. The first-order valence-electron chi connectivity index (χ1n) is 13.8. The fourth-order valence-electron chi connectivity index (χ4n) is 5.26. The van der Waals surface area contributed by atoms with Crippen LogP contribution in [-0.4, -0.2) is 87.1 Å². The van der Waals surface area contributed by atoms with Crippen molar-refractivity contribution in [2.75, 3.05) is 38.7 Å². The molecule has 4 aromatic rings. The summed E-state index contributed by atoms with van der Waals surface area (Å²) in [5.74, 6) is -2.48. The van der Waals surface area contributed by atoms with Crippen LogP contribution in [0.4, 0.5) is 27.9 Å². The molecule has 39 heavy (non-hydrogen) atoms. The summed E-state index contributed by atoms with van der Waals surface area (Å²) in [4.78, 5) is 10.2. The van der Waals surface area contributed by atoms with Crippen LogP contribution < -0.4 is 10.1 Å². The maximum absolute atomic E-state index is 15.5. The Bertz CT molecular complexity index is 1640. The zero-order valence-electron chi connectivity index (χ0n) is 23.7. The number of ether oxygens (including phenoxy) is 2. The molecular weight excluding hydrogens is 525 g/mol. The molecule has 1 aromatic carbocycles. The molecule has 208 valence electrons. The van der Waals surface area contributed by atoms with Crippen LogP contribution in [0.25, 0.3) is 27.7 Å². The lowest BCUT2D eigenvalue weighted by Crippen LogP contribution is -2.57. The molecule has 14 heteroatoms. The average molecular weight is 555 g/mol. The van der Waals surface area contributed by atoms with Gasteiger partial charge in [0.1, 0.15) is 23.0 Å². The third kappa shape index (κ3) is 4.54. The van der Waals surface area contributed by atoms with E-state index >= 15 is 13.2 Å². The first kappa shape index (κ1) is 22.3. The van der Waals surface area contributed by atoms with Crippen LogP contribution in [-0.2, 0) is 11.3 Å². The molecule has 1 N–H and O–H groups in total. The molecule has 5 heterocycles. The zero-order chi connectivity index (χ0) is 29.9. The topological polar surface area (TPSA) is 81.7 Å².